The molecule has 0 radical (unpaired) electrons. The largest absolute Gasteiger partial charge is 0.497 e. The summed E-state index contributed by atoms with van der Waals surface area (Å²) in [7, 11) is 7.98. The van der Waals surface area contributed by atoms with E-state index in [2.05, 4.69) is 55.2 Å². The maximum absolute atomic E-state index is 5.23. The van der Waals surface area contributed by atoms with Gasteiger partial charge < -0.3 is 15.0 Å². The van der Waals surface area contributed by atoms with E-state index in [1.54, 1.807) is 7.11 Å². The molecule has 120 valence electrons. The Bertz CT molecular complexity index is 392. The van der Waals surface area contributed by atoms with Crippen molar-refractivity contribution in [3.63, 3.8) is 0 Å². The molecule has 0 aliphatic rings. The van der Waals surface area contributed by atoms with E-state index >= 15 is 0 Å². The molecule has 1 aromatic rings. The van der Waals surface area contributed by atoms with Crippen LogP contribution in [0, 0.1) is 0 Å². The average molecular weight is 293 g/mol. The zero-order chi connectivity index (χ0) is 15.8. The highest BCUT2D eigenvalue weighted by atomic mass is 16.5. The van der Waals surface area contributed by atoms with Gasteiger partial charge in [-0.15, -0.1) is 0 Å². The Kier molecular flexibility index (Phi) is 7.72. The number of methoxy groups -OCH3 is 1. The third-order valence-corrected chi connectivity index (χ3v) is 3.94. The van der Waals surface area contributed by atoms with Gasteiger partial charge in [0.15, 0.2) is 0 Å². The van der Waals surface area contributed by atoms with Crippen molar-refractivity contribution in [1.29, 1.82) is 0 Å². The molecule has 21 heavy (non-hydrogen) atoms. The topological polar surface area (TPSA) is 27.7 Å². The van der Waals surface area contributed by atoms with E-state index in [-0.39, 0.29) is 0 Å². The standard InChI is InChI=1S/C17H31N3O/c1-7-20(14(2)12-19(4)5)13-17(18-3)15-8-10-16(21-6)11-9-15/h8-11,14,17-18H,7,12-13H2,1-6H3. The van der Waals surface area contributed by atoms with E-state index in [1.807, 2.05) is 19.2 Å². The lowest BCUT2D eigenvalue weighted by molar-refractivity contribution is 0.166. The molecule has 2 atom stereocenters. The van der Waals surface area contributed by atoms with Crippen molar-refractivity contribution < 1.29 is 4.74 Å². The maximum atomic E-state index is 5.23. The second-order valence-electron chi connectivity index (χ2n) is 5.81. The van der Waals surface area contributed by atoms with Gasteiger partial charge in [-0.2, -0.15) is 0 Å². The quantitative estimate of drug-likeness (QED) is 0.755. The number of ether oxygens (including phenoxy) is 1. The van der Waals surface area contributed by atoms with Crippen molar-refractivity contribution in [2.24, 2.45) is 0 Å². The van der Waals surface area contributed by atoms with E-state index in [0.29, 0.717) is 12.1 Å². The fourth-order valence-electron chi connectivity index (χ4n) is 2.70. The fourth-order valence-corrected chi connectivity index (χ4v) is 2.70. The maximum Gasteiger partial charge on any atom is 0.118 e. The van der Waals surface area contributed by atoms with Gasteiger partial charge in [0, 0.05) is 25.2 Å². The Hall–Kier alpha value is -1.10. The van der Waals surface area contributed by atoms with Crippen molar-refractivity contribution in [2.45, 2.75) is 25.9 Å². The number of benzene rings is 1. The van der Waals surface area contributed by atoms with Crippen molar-refractivity contribution >= 4 is 0 Å². The van der Waals surface area contributed by atoms with Crippen LogP contribution >= 0.6 is 0 Å². The summed E-state index contributed by atoms with van der Waals surface area (Å²) in [6, 6.07) is 9.22. The van der Waals surface area contributed by atoms with E-state index in [0.717, 1.165) is 25.4 Å². The Morgan fingerprint density at radius 3 is 2.19 bits per heavy atom. The van der Waals surface area contributed by atoms with E-state index in [4.69, 9.17) is 4.74 Å². The molecule has 0 saturated carbocycles. The lowest BCUT2D eigenvalue weighted by Crippen LogP contribution is -2.43. The van der Waals surface area contributed by atoms with E-state index in [1.165, 1.54) is 5.56 Å². The van der Waals surface area contributed by atoms with Crippen LogP contribution in [0.15, 0.2) is 24.3 Å². The van der Waals surface area contributed by atoms with Crippen molar-refractivity contribution in [1.82, 2.24) is 15.1 Å². The molecule has 4 heteroatoms. The minimum Gasteiger partial charge on any atom is -0.497 e. The number of likely N-dealkylation sites (N-methyl/N-ethyl adjacent to an activating group) is 3. The van der Waals surface area contributed by atoms with Crippen LogP contribution in [-0.4, -0.2) is 63.7 Å². The van der Waals surface area contributed by atoms with Gasteiger partial charge in [-0.25, -0.2) is 0 Å². The summed E-state index contributed by atoms with van der Waals surface area (Å²) in [6.45, 7) is 7.67. The first-order valence-electron chi connectivity index (χ1n) is 7.71. The Balaban J connectivity index is 2.73. The summed E-state index contributed by atoms with van der Waals surface area (Å²) in [4.78, 5) is 4.76. The predicted octanol–water partition coefficient (Wildman–Crippen LogP) is 2.23. The number of nitrogens with zero attached hydrogens (tertiary/aromatic N) is 2. The number of nitrogens with one attached hydrogen (secondary N) is 1. The molecule has 0 aliphatic heterocycles. The molecule has 0 spiro atoms. The second kappa shape index (κ2) is 9.03. The van der Waals surface area contributed by atoms with Gasteiger partial charge in [0.05, 0.1) is 7.11 Å². The van der Waals surface area contributed by atoms with Crippen LogP contribution in [0.5, 0.6) is 5.75 Å². The number of hydrogen-bond acceptors (Lipinski definition) is 4. The Labute approximate surface area is 130 Å². The third kappa shape index (κ3) is 5.65. The van der Waals surface area contributed by atoms with Gasteiger partial charge in [0.1, 0.15) is 5.75 Å². The van der Waals surface area contributed by atoms with Crippen molar-refractivity contribution in [2.75, 3.05) is 47.9 Å². The monoisotopic (exact) mass is 293 g/mol. The first-order valence-corrected chi connectivity index (χ1v) is 7.71. The third-order valence-electron chi connectivity index (χ3n) is 3.94. The van der Waals surface area contributed by atoms with E-state index < -0.39 is 0 Å². The second-order valence-corrected chi connectivity index (χ2v) is 5.81. The first kappa shape index (κ1) is 18.0. The fraction of sp³-hybridized carbons (Fsp3) is 0.647. The van der Waals surface area contributed by atoms with Crippen LogP contribution in [-0.2, 0) is 0 Å². The minimum absolute atomic E-state index is 0.334. The SMILES string of the molecule is CCN(CC(NC)c1ccc(OC)cc1)C(C)CN(C)C. The summed E-state index contributed by atoms with van der Waals surface area (Å²) >= 11 is 0. The summed E-state index contributed by atoms with van der Waals surface area (Å²) < 4.78 is 5.23. The number of rotatable bonds is 9. The van der Waals surface area contributed by atoms with Gasteiger partial charge >= 0.3 is 0 Å². The van der Waals surface area contributed by atoms with Crippen molar-refractivity contribution in [3.8, 4) is 5.75 Å². The Morgan fingerprint density at radius 2 is 1.76 bits per heavy atom. The summed E-state index contributed by atoms with van der Waals surface area (Å²) in [6.07, 6.45) is 0. The van der Waals surface area contributed by atoms with Crippen LogP contribution in [0.4, 0.5) is 0 Å². The van der Waals surface area contributed by atoms with Gasteiger partial charge in [0.25, 0.3) is 0 Å². The zero-order valence-electron chi connectivity index (χ0n) is 14.4. The molecule has 0 aliphatic carbocycles. The molecule has 1 rings (SSSR count). The molecule has 0 amide bonds. The van der Waals surface area contributed by atoms with Crippen molar-refractivity contribution in [3.05, 3.63) is 29.8 Å². The van der Waals surface area contributed by atoms with Gasteiger partial charge in [-0.1, -0.05) is 19.1 Å². The normalized spacial score (nSPS) is 14.5. The van der Waals surface area contributed by atoms with E-state index in [9.17, 15) is 0 Å². The van der Waals surface area contributed by atoms with Crippen LogP contribution in [0.25, 0.3) is 0 Å². The molecule has 4 nitrogen and oxygen atoms in total. The molecule has 0 bridgehead atoms. The molecule has 0 saturated heterocycles. The zero-order valence-corrected chi connectivity index (χ0v) is 14.4. The highest BCUT2D eigenvalue weighted by molar-refractivity contribution is 5.29. The molecular weight excluding hydrogens is 262 g/mol. The molecule has 0 heterocycles. The van der Waals surface area contributed by atoms with Crippen LogP contribution in [0.2, 0.25) is 0 Å². The van der Waals surface area contributed by atoms with Crippen LogP contribution in [0.3, 0.4) is 0 Å². The summed E-state index contributed by atoms with van der Waals surface area (Å²) in [5, 5.41) is 3.43. The van der Waals surface area contributed by atoms with Gasteiger partial charge in [-0.05, 0) is 52.3 Å². The minimum atomic E-state index is 0.334. The smallest absolute Gasteiger partial charge is 0.118 e. The average Bonchev–Trinajstić information content (AvgIpc) is 2.48. The first-order chi connectivity index (χ1) is 10.0. The lowest BCUT2D eigenvalue weighted by Gasteiger charge is -2.33. The highest BCUT2D eigenvalue weighted by Gasteiger charge is 2.18. The van der Waals surface area contributed by atoms with Crippen LogP contribution < -0.4 is 10.1 Å². The summed E-state index contributed by atoms with van der Waals surface area (Å²) in [5.74, 6) is 0.905. The van der Waals surface area contributed by atoms with Gasteiger partial charge in [0.2, 0.25) is 0 Å². The Morgan fingerprint density at radius 1 is 1.14 bits per heavy atom. The molecule has 0 aromatic heterocycles. The molecule has 1 N–H and O–H groups in total. The molecular formula is C17H31N3O. The summed E-state index contributed by atoms with van der Waals surface area (Å²) in [5.41, 5.74) is 1.30. The molecule has 0 fully saturated rings. The molecule has 2 unspecified atom stereocenters. The number of hydrogen-bond donors (Lipinski definition) is 1. The van der Waals surface area contributed by atoms with Gasteiger partial charge in [-0.3, -0.25) is 4.90 Å². The lowest BCUT2D eigenvalue weighted by atomic mass is 10.1. The molecule has 1 aromatic carbocycles. The predicted molar refractivity (Wildman–Crippen MR) is 90.1 cm³/mol. The van der Waals surface area contributed by atoms with Crippen LogP contribution in [0.1, 0.15) is 25.5 Å². The highest BCUT2D eigenvalue weighted by Crippen LogP contribution is 2.19.